The maximum atomic E-state index is 9.41. The molecule has 2 atom stereocenters. The molecule has 2 unspecified atom stereocenters. The van der Waals surface area contributed by atoms with Crippen LogP contribution in [0.5, 0.6) is 0 Å². The quantitative estimate of drug-likeness (QED) is 0.442. The summed E-state index contributed by atoms with van der Waals surface area (Å²) in [5.41, 5.74) is -0.770. The van der Waals surface area contributed by atoms with Gasteiger partial charge in [0.2, 0.25) is 0 Å². The van der Waals surface area contributed by atoms with Crippen molar-refractivity contribution in [3.05, 3.63) is 0 Å². The van der Waals surface area contributed by atoms with Gasteiger partial charge in [0.1, 0.15) is 0 Å². The highest BCUT2D eigenvalue weighted by molar-refractivity contribution is 4.90. The van der Waals surface area contributed by atoms with Crippen LogP contribution in [-0.4, -0.2) is 69.4 Å². The van der Waals surface area contributed by atoms with Crippen LogP contribution in [0.4, 0.5) is 0 Å². The SMILES string of the molecule is CCC(CO)(CO)N(CC(C)O)CC(C)O. The maximum absolute atomic E-state index is 9.41. The molecule has 0 aliphatic rings. The Balaban J connectivity index is 4.80. The van der Waals surface area contributed by atoms with Gasteiger partial charge >= 0.3 is 0 Å². The Morgan fingerprint density at radius 2 is 1.38 bits per heavy atom. The van der Waals surface area contributed by atoms with Crippen LogP contribution in [0.15, 0.2) is 0 Å². The first kappa shape index (κ1) is 15.8. The molecule has 0 spiro atoms. The third-order valence-electron chi connectivity index (χ3n) is 2.89. The monoisotopic (exact) mass is 235 g/mol. The Bertz CT molecular complexity index is 163. The summed E-state index contributed by atoms with van der Waals surface area (Å²) in [6, 6.07) is 0. The van der Waals surface area contributed by atoms with Gasteiger partial charge in [-0.15, -0.1) is 0 Å². The van der Waals surface area contributed by atoms with E-state index in [1.807, 2.05) is 6.92 Å². The van der Waals surface area contributed by atoms with Crippen LogP contribution in [0, 0.1) is 0 Å². The van der Waals surface area contributed by atoms with E-state index >= 15 is 0 Å². The lowest BCUT2D eigenvalue weighted by molar-refractivity contribution is -0.0508. The van der Waals surface area contributed by atoms with Gasteiger partial charge in [-0.2, -0.15) is 0 Å². The van der Waals surface area contributed by atoms with Crippen molar-refractivity contribution in [1.29, 1.82) is 0 Å². The molecular formula is C11H25NO4. The van der Waals surface area contributed by atoms with Crippen molar-refractivity contribution in [2.75, 3.05) is 26.3 Å². The van der Waals surface area contributed by atoms with Crippen LogP contribution in [0.25, 0.3) is 0 Å². The smallest absolute Gasteiger partial charge is 0.0672 e. The zero-order valence-corrected chi connectivity index (χ0v) is 10.4. The van der Waals surface area contributed by atoms with Crippen molar-refractivity contribution in [2.24, 2.45) is 0 Å². The molecule has 0 bridgehead atoms. The van der Waals surface area contributed by atoms with Crippen molar-refractivity contribution in [3.8, 4) is 0 Å². The summed E-state index contributed by atoms with van der Waals surface area (Å²) in [7, 11) is 0. The molecule has 0 rings (SSSR count). The Morgan fingerprint density at radius 1 is 1.00 bits per heavy atom. The molecule has 0 radical (unpaired) electrons. The number of aliphatic hydroxyl groups excluding tert-OH is 4. The minimum absolute atomic E-state index is 0.195. The Morgan fingerprint density at radius 3 is 1.56 bits per heavy atom. The predicted octanol–water partition coefficient (Wildman–Crippen LogP) is -0.817. The first-order valence-electron chi connectivity index (χ1n) is 5.74. The minimum Gasteiger partial charge on any atom is -0.394 e. The third-order valence-corrected chi connectivity index (χ3v) is 2.89. The van der Waals surface area contributed by atoms with Crippen molar-refractivity contribution in [3.63, 3.8) is 0 Å². The molecule has 5 heteroatoms. The lowest BCUT2D eigenvalue weighted by Crippen LogP contribution is -2.57. The number of rotatable bonds is 8. The van der Waals surface area contributed by atoms with Crippen molar-refractivity contribution < 1.29 is 20.4 Å². The molecular weight excluding hydrogens is 210 g/mol. The van der Waals surface area contributed by atoms with Gasteiger partial charge in [-0.1, -0.05) is 6.92 Å². The lowest BCUT2D eigenvalue weighted by atomic mass is 9.94. The Kier molecular flexibility index (Phi) is 7.10. The number of nitrogens with zero attached hydrogens (tertiary/aromatic N) is 1. The minimum atomic E-state index is -0.770. The van der Waals surface area contributed by atoms with Gasteiger partial charge in [-0.3, -0.25) is 4.90 Å². The van der Waals surface area contributed by atoms with E-state index in [1.54, 1.807) is 18.7 Å². The van der Waals surface area contributed by atoms with Gasteiger partial charge in [0.15, 0.2) is 0 Å². The summed E-state index contributed by atoms with van der Waals surface area (Å²) in [4.78, 5) is 1.75. The molecule has 0 aromatic heterocycles. The van der Waals surface area contributed by atoms with E-state index in [4.69, 9.17) is 0 Å². The highest BCUT2D eigenvalue weighted by Gasteiger charge is 2.35. The fraction of sp³-hybridized carbons (Fsp3) is 1.00. The molecule has 0 aromatic carbocycles. The standard InChI is InChI=1S/C11H25NO4/c1-4-11(7-13,8-14)12(5-9(2)15)6-10(3)16/h9-10,13-16H,4-8H2,1-3H3. The number of hydrogen-bond donors (Lipinski definition) is 4. The van der Waals surface area contributed by atoms with Crippen LogP contribution in [0.1, 0.15) is 27.2 Å². The van der Waals surface area contributed by atoms with E-state index in [-0.39, 0.29) is 13.2 Å². The van der Waals surface area contributed by atoms with E-state index in [0.29, 0.717) is 19.5 Å². The summed E-state index contributed by atoms with van der Waals surface area (Å²) in [5.74, 6) is 0. The van der Waals surface area contributed by atoms with Crippen LogP contribution < -0.4 is 0 Å². The molecule has 16 heavy (non-hydrogen) atoms. The first-order chi connectivity index (χ1) is 7.41. The summed E-state index contributed by atoms with van der Waals surface area (Å²) < 4.78 is 0. The van der Waals surface area contributed by atoms with Crippen molar-refractivity contribution >= 4 is 0 Å². The Labute approximate surface area is 97.3 Å². The third kappa shape index (κ3) is 4.35. The van der Waals surface area contributed by atoms with Gasteiger partial charge in [-0.25, -0.2) is 0 Å². The van der Waals surface area contributed by atoms with Crippen LogP contribution in [-0.2, 0) is 0 Å². The van der Waals surface area contributed by atoms with Crippen LogP contribution in [0.3, 0.4) is 0 Å². The average Bonchev–Trinajstić information content (AvgIpc) is 2.19. The maximum Gasteiger partial charge on any atom is 0.0672 e. The van der Waals surface area contributed by atoms with E-state index in [1.165, 1.54) is 0 Å². The predicted molar refractivity (Wildman–Crippen MR) is 62.1 cm³/mol. The molecule has 0 aliphatic heterocycles. The fourth-order valence-electron chi connectivity index (χ4n) is 1.80. The summed E-state index contributed by atoms with van der Waals surface area (Å²) in [6.07, 6.45) is -0.579. The Hall–Kier alpha value is -0.200. The second-order valence-corrected chi connectivity index (χ2v) is 4.50. The van der Waals surface area contributed by atoms with Crippen molar-refractivity contribution in [2.45, 2.75) is 44.9 Å². The second-order valence-electron chi connectivity index (χ2n) is 4.50. The summed E-state index contributed by atoms with van der Waals surface area (Å²) >= 11 is 0. The van der Waals surface area contributed by atoms with E-state index < -0.39 is 17.7 Å². The highest BCUT2D eigenvalue weighted by atomic mass is 16.3. The fourth-order valence-corrected chi connectivity index (χ4v) is 1.80. The molecule has 0 amide bonds. The van der Waals surface area contributed by atoms with Gasteiger partial charge < -0.3 is 20.4 Å². The van der Waals surface area contributed by atoms with Crippen LogP contribution >= 0.6 is 0 Å². The number of aliphatic hydroxyl groups is 4. The van der Waals surface area contributed by atoms with Crippen molar-refractivity contribution in [1.82, 2.24) is 4.90 Å². The largest absolute Gasteiger partial charge is 0.394 e. The molecule has 0 saturated carbocycles. The molecule has 0 saturated heterocycles. The number of β-amino-alcohol motifs (C(OH)–C–C–N with tert-alkyl or cyclic N) is 2. The zero-order valence-electron chi connectivity index (χ0n) is 10.4. The topological polar surface area (TPSA) is 84.2 Å². The summed E-state index contributed by atoms with van der Waals surface area (Å²) in [6.45, 7) is 5.40. The molecule has 4 N–H and O–H groups in total. The normalized spacial score (nSPS) is 16.5. The van der Waals surface area contributed by atoms with Gasteiger partial charge in [0.05, 0.1) is 31.0 Å². The molecule has 0 aliphatic carbocycles. The molecule has 5 nitrogen and oxygen atoms in total. The van der Waals surface area contributed by atoms with E-state index in [9.17, 15) is 20.4 Å². The molecule has 0 fully saturated rings. The highest BCUT2D eigenvalue weighted by Crippen LogP contribution is 2.20. The molecule has 98 valence electrons. The molecule has 0 heterocycles. The van der Waals surface area contributed by atoms with Gasteiger partial charge in [0, 0.05) is 13.1 Å². The van der Waals surface area contributed by atoms with E-state index in [2.05, 4.69) is 0 Å². The second kappa shape index (κ2) is 7.19. The summed E-state index contributed by atoms with van der Waals surface area (Å²) in [5, 5.41) is 37.6. The van der Waals surface area contributed by atoms with Gasteiger partial charge in [0.25, 0.3) is 0 Å². The molecule has 0 aromatic rings. The van der Waals surface area contributed by atoms with E-state index in [0.717, 1.165) is 0 Å². The van der Waals surface area contributed by atoms with Gasteiger partial charge in [-0.05, 0) is 20.3 Å². The zero-order chi connectivity index (χ0) is 12.8. The average molecular weight is 235 g/mol. The van der Waals surface area contributed by atoms with Crippen LogP contribution in [0.2, 0.25) is 0 Å². The number of hydrogen-bond acceptors (Lipinski definition) is 5. The first-order valence-corrected chi connectivity index (χ1v) is 5.74. The lowest BCUT2D eigenvalue weighted by Gasteiger charge is -2.42.